The second kappa shape index (κ2) is 5.27. The molecule has 19 heavy (non-hydrogen) atoms. The first-order valence-corrected chi connectivity index (χ1v) is 6.68. The van der Waals surface area contributed by atoms with Crippen molar-refractivity contribution in [3.05, 3.63) is 0 Å². The average Bonchev–Trinajstić information content (AvgIpc) is 2.80. The van der Waals surface area contributed by atoms with Gasteiger partial charge < -0.3 is 29.2 Å². The fraction of sp³-hybridized carbons (Fsp3) is 1.00. The van der Waals surface area contributed by atoms with Gasteiger partial charge in [-0.25, -0.2) is 0 Å². The maximum atomic E-state index is 10.1. The molecule has 112 valence electrons. The van der Waals surface area contributed by atoms with Gasteiger partial charge in [-0.1, -0.05) is 0 Å². The van der Waals surface area contributed by atoms with E-state index in [4.69, 9.17) is 18.9 Å². The van der Waals surface area contributed by atoms with E-state index in [0.29, 0.717) is 13.0 Å². The lowest BCUT2D eigenvalue weighted by molar-refractivity contribution is -0.165. The zero-order valence-electron chi connectivity index (χ0n) is 12.0. The first kappa shape index (κ1) is 15.2. The van der Waals surface area contributed by atoms with Crippen LogP contribution in [0.1, 0.15) is 34.1 Å². The summed E-state index contributed by atoms with van der Waals surface area (Å²) in [4.78, 5) is 0. The molecule has 4 unspecified atom stereocenters. The second-order valence-corrected chi connectivity index (χ2v) is 6.11. The molecule has 6 heteroatoms. The molecule has 4 atom stereocenters. The van der Waals surface area contributed by atoms with Crippen LogP contribution in [-0.2, 0) is 18.9 Å². The summed E-state index contributed by atoms with van der Waals surface area (Å²) in [5, 5.41) is 20.1. The molecule has 2 aliphatic rings. The predicted molar refractivity (Wildman–Crippen MR) is 66.4 cm³/mol. The van der Waals surface area contributed by atoms with Crippen molar-refractivity contribution in [2.75, 3.05) is 13.2 Å². The van der Waals surface area contributed by atoms with E-state index in [2.05, 4.69) is 0 Å². The van der Waals surface area contributed by atoms with E-state index < -0.39 is 29.9 Å². The topological polar surface area (TPSA) is 77.4 Å². The summed E-state index contributed by atoms with van der Waals surface area (Å²) in [6.07, 6.45) is -2.33. The lowest BCUT2D eigenvalue weighted by atomic mass is 10.0. The lowest BCUT2D eigenvalue weighted by Crippen LogP contribution is -2.41. The van der Waals surface area contributed by atoms with Crippen molar-refractivity contribution >= 4 is 0 Å². The van der Waals surface area contributed by atoms with E-state index >= 15 is 0 Å². The molecule has 2 saturated heterocycles. The molecule has 0 spiro atoms. The fourth-order valence-corrected chi connectivity index (χ4v) is 2.42. The highest BCUT2D eigenvalue weighted by molar-refractivity contribution is 4.85. The molecule has 0 amide bonds. The maximum Gasteiger partial charge on any atom is 0.163 e. The minimum atomic E-state index is -0.992. The molecule has 0 aromatic heterocycles. The van der Waals surface area contributed by atoms with Crippen LogP contribution in [0.3, 0.4) is 0 Å². The molecule has 0 aromatic carbocycles. The molecule has 0 saturated carbocycles. The Morgan fingerprint density at radius 3 is 2.05 bits per heavy atom. The third-order valence-corrected chi connectivity index (χ3v) is 3.38. The molecular weight excluding hydrogens is 252 g/mol. The van der Waals surface area contributed by atoms with Gasteiger partial charge in [0.05, 0.1) is 25.4 Å². The second-order valence-electron chi connectivity index (χ2n) is 6.11. The molecule has 6 nitrogen and oxygen atoms in total. The average molecular weight is 276 g/mol. The van der Waals surface area contributed by atoms with Gasteiger partial charge in [0.15, 0.2) is 11.6 Å². The van der Waals surface area contributed by atoms with Crippen molar-refractivity contribution in [1.29, 1.82) is 0 Å². The number of hydrogen-bond donors (Lipinski definition) is 2. The Morgan fingerprint density at radius 1 is 1.00 bits per heavy atom. The summed E-state index contributed by atoms with van der Waals surface area (Å²) in [5.41, 5.74) is 0. The summed E-state index contributed by atoms with van der Waals surface area (Å²) in [6, 6.07) is 0. The van der Waals surface area contributed by atoms with Crippen molar-refractivity contribution in [1.82, 2.24) is 0 Å². The summed E-state index contributed by atoms with van der Waals surface area (Å²) in [7, 11) is 0. The molecule has 0 aliphatic carbocycles. The Kier molecular flexibility index (Phi) is 4.21. The Balaban J connectivity index is 1.82. The molecule has 0 aromatic rings. The Hall–Kier alpha value is -0.240. The standard InChI is InChI=1S/C13H24O6/c1-12(2)16-6-8(18-12)5-9(14)11(15)10-7-17-13(3,4)19-10/h8-11,14-15H,5-7H2,1-4H3. The van der Waals surface area contributed by atoms with Crippen LogP contribution in [0, 0.1) is 0 Å². The summed E-state index contributed by atoms with van der Waals surface area (Å²) in [5.74, 6) is -1.33. The molecule has 2 heterocycles. The SMILES string of the molecule is CC1(C)OCC(CC(O)C(O)C2COC(C)(C)O2)O1. The summed E-state index contributed by atoms with van der Waals surface area (Å²) < 4.78 is 21.9. The molecule has 2 aliphatic heterocycles. The van der Waals surface area contributed by atoms with Crippen LogP contribution in [0.5, 0.6) is 0 Å². The fourth-order valence-electron chi connectivity index (χ4n) is 2.42. The highest BCUT2D eigenvalue weighted by Gasteiger charge is 2.41. The number of ether oxygens (including phenoxy) is 4. The first-order valence-electron chi connectivity index (χ1n) is 6.68. The highest BCUT2D eigenvalue weighted by atomic mass is 16.8. The van der Waals surface area contributed by atoms with Crippen molar-refractivity contribution in [2.24, 2.45) is 0 Å². The van der Waals surface area contributed by atoms with Crippen LogP contribution in [-0.4, -0.2) is 59.4 Å². The van der Waals surface area contributed by atoms with Crippen molar-refractivity contribution in [2.45, 2.75) is 70.1 Å². The van der Waals surface area contributed by atoms with E-state index in [0.717, 1.165) is 0 Å². The van der Waals surface area contributed by atoms with Gasteiger partial charge in [0.2, 0.25) is 0 Å². The summed E-state index contributed by atoms with van der Waals surface area (Å²) in [6.45, 7) is 7.91. The third-order valence-electron chi connectivity index (χ3n) is 3.38. The van der Waals surface area contributed by atoms with Crippen LogP contribution in [0.4, 0.5) is 0 Å². The van der Waals surface area contributed by atoms with Crippen molar-refractivity contribution in [3.8, 4) is 0 Å². The minimum Gasteiger partial charge on any atom is -0.390 e. The van der Waals surface area contributed by atoms with Gasteiger partial charge in [0.1, 0.15) is 12.2 Å². The van der Waals surface area contributed by atoms with Gasteiger partial charge in [0.25, 0.3) is 0 Å². The van der Waals surface area contributed by atoms with Crippen molar-refractivity contribution < 1.29 is 29.2 Å². The van der Waals surface area contributed by atoms with Crippen LogP contribution in [0.15, 0.2) is 0 Å². The van der Waals surface area contributed by atoms with Gasteiger partial charge >= 0.3 is 0 Å². The molecule has 0 radical (unpaired) electrons. The van der Waals surface area contributed by atoms with Gasteiger partial charge in [-0.3, -0.25) is 0 Å². The predicted octanol–water partition coefficient (Wildman–Crippen LogP) is 0.401. The monoisotopic (exact) mass is 276 g/mol. The van der Waals surface area contributed by atoms with Gasteiger partial charge in [-0.15, -0.1) is 0 Å². The third kappa shape index (κ3) is 3.87. The number of aliphatic hydroxyl groups is 2. The zero-order valence-corrected chi connectivity index (χ0v) is 12.0. The number of hydrogen-bond acceptors (Lipinski definition) is 6. The lowest BCUT2D eigenvalue weighted by Gasteiger charge is -2.25. The zero-order chi connectivity index (χ0) is 14.3. The first-order chi connectivity index (χ1) is 8.69. The van der Waals surface area contributed by atoms with E-state index in [-0.39, 0.29) is 12.7 Å². The molecule has 2 rings (SSSR count). The van der Waals surface area contributed by atoms with Crippen LogP contribution in [0.25, 0.3) is 0 Å². The molecule has 2 N–H and O–H groups in total. The number of rotatable bonds is 4. The van der Waals surface area contributed by atoms with Crippen LogP contribution < -0.4 is 0 Å². The normalized spacial score (nSPS) is 36.3. The van der Waals surface area contributed by atoms with E-state index in [1.165, 1.54) is 0 Å². The van der Waals surface area contributed by atoms with Crippen molar-refractivity contribution in [3.63, 3.8) is 0 Å². The Labute approximate surface area is 113 Å². The maximum absolute atomic E-state index is 10.1. The minimum absolute atomic E-state index is 0.213. The largest absolute Gasteiger partial charge is 0.390 e. The van der Waals surface area contributed by atoms with Gasteiger partial charge in [-0.2, -0.15) is 0 Å². The van der Waals surface area contributed by atoms with E-state index in [9.17, 15) is 10.2 Å². The highest BCUT2D eigenvalue weighted by Crippen LogP contribution is 2.28. The van der Waals surface area contributed by atoms with E-state index in [1.54, 1.807) is 13.8 Å². The van der Waals surface area contributed by atoms with Gasteiger partial charge in [-0.05, 0) is 27.7 Å². The number of aliphatic hydroxyl groups excluding tert-OH is 2. The van der Waals surface area contributed by atoms with Gasteiger partial charge in [0, 0.05) is 6.42 Å². The summed E-state index contributed by atoms with van der Waals surface area (Å²) >= 11 is 0. The molecule has 0 bridgehead atoms. The quantitative estimate of drug-likeness (QED) is 0.774. The molecule has 2 fully saturated rings. The Bertz CT molecular complexity index is 316. The van der Waals surface area contributed by atoms with Crippen LogP contribution in [0.2, 0.25) is 0 Å². The van der Waals surface area contributed by atoms with Crippen LogP contribution >= 0.6 is 0 Å². The van der Waals surface area contributed by atoms with E-state index in [1.807, 2.05) is 13.8 Å². The molecular formula is C13H24O6. The Morgan fingerprint density at radius 2 is 1.58 bits per heavy atom. The smallest absolute Gasteiger partial charge is 0.163 e.